The highest BCUT2D eigenvalue weighted by Gasteiger charge is 2.38. The molecule has 0 amide bonds. The molecular formula is C25H28O10. The van der Waals surface area contributed by atoms with E-state index in [1.165, 1.54) is 39.0 Å². The quantitative estimate of drug-likeness (QED) is 0.250. The molecule has 0 radical (unpaired) electrons. The third kappa shape index (κ3) is 9.28. The van der Waals surface area contributed by atoms with Gasteiger partial charge in [0.25, 0.3) is 0 Å². The summed E-state index contributed by atoms with van der Waals surface area (Å²) < 4.78 is 21.0. The van der Waals surface area contributed by atoms with Crippen LogP contribution in [0.5, 0.6) is 0 Å². The first-order chi connectivity index (χ1) is 16.3. The molecule has 0 unspecified atom stereocenters. The summed E-state index contributed by atoms with van der Waals surface area (Å²) in [6, 6.07) is 5.13. The van der Waals surface area contributed by atoms with Crippen molar-refractivity contribution in [2.45, 2.75) is 20.8 Å². The van der Waals surface area contributed by atoms with Crippen LogP contribution in [0.25, 0.3) is 0 Å². The van der Waals surface area contributed by atoms with Gasteiger partial charge in [-0.2, -0.15) is 0 Å². The third-order valence-corrected chi connectivity index (χ3v) is 4.43. The minimum Gasteiger partial charge on any atom is -0.478 e. The van der Waals surface area contributed by atoms with Crippen molar-refractivity contribution in [2.24, 2.45) is 5.41 Å². The van der Waals surface area contributed by atoms with Gasteiger partial charge >= 0.3 is 29.8 Å². The van der Waals surface area contributed by atoms with E-state index in [1.807, 2.05) is 0 Å². The Morgan fingerprint density at radius 2 is 1.09 bits per heavy atom. The van der Waals surface area contributed by atoms with Crippen molar-refractivity contribution in [2.75, 3.05) is 26.4 Å². The number of carboxylic acids is 1. The molecular weight excluding hydrogens is 460 g/mol. The molecule has 0 atom stereocenters. The van der Waals surface area contributed by atoms with E-state index in [4.69, 9.17) is 24.1 Å². The van der Waals surface area contributed by atoms with E-state index in [0.29, 0.717) is 0 Å². The summed E-state index contributed by atoms with van der Waals surface area (Å²) in [6.07, 6.45) is 0. The maximum Gasteiger partial charge on any atom is 0.338 e. The molecule has 0 saturated carbocycles. The second-order valence-corrected chi connectivity index (χ2v) is 8.03. The van der Waals surface area contributed by atoms with E-state index in [0.717, 1.165) is 6.07 Å². The van der Waals surface area contributed by atoms with Crippen molar-refractivity contribution in [3.8, 4) is 0 Å². The van der Waals surface area contributed by atoms with E-state index >= 15 is 0 Å². The summed E-state index contributed by atoms with van der Waals surface area (Å²) in [5, 5.41) is 9.13. The van der Waals surface area contributed by atoms with Crippen LogP contribution in [-0.4, -0.2) is 61.4 Å². The smallest absolute Gasteiger partial charge is 0.338 e. The number of hydrogen-bond acceptors (Lipinski definition) is 9. The molecule has 0 aliphatic heterocycles. The van der Waals surface area contributed by atoms with Crippen molar-refractivity contribution in [1.29, 1.82) is 0 Å². The van der Waals surface area contributed by atoms with Gasteiger partial charge in [0.1, 0.15) is 31.8 Å². The molecule has 1 rings (SSSR count). The van der Waals surface area contributed by atoms with Crippen LogP contribution in [0.15, 0.2) is 60.7 Å². The lowest BCUT2D eigenvalue weighted by molar-refractivity contribution is -0.160. The lowest BCUT2D eigenvalue weighted by atomic mass is 9.92. The number of carbonyl (C=O) groups is 5. The van der Waals surface area contributed by atoms with E-state index in [-0.39, 0.29) is 27.8 Å². The molecule has 10 nitrogen and oxygen atoms in total. The molecule has 1 N–H and O–H groups in total. The number of carboxylic acid groups (broad SMARTS) is 1. The fraction of sp³-hybridized carbons (Fsp3) is 0.320. The summed E-state index contributed by atoms with van der Waals surface area (Å²) in [5.74, 6) is -4.45. The fourth-order valence-electron chi connectivity index (χ4n) is 2.36. The highest BCUT2D eigenvalue weighted by molar-refractivity contribution is 5.94. The monoisotopic (exact) mass is 488 g/mol. The van der Waals surface area contributed by atoms with E-state index < -0.39 is 61.7 Å². The zero-order valence-corrected chi connectivity index (χ0v) is 19.9. The predicted octanol–water partition coefficient (Wildman–Crippen LogP) is 2.89. The van der Waals surface area contributed by atoms with Gasteiger partial charge in [0, 0.05) is 16.7 Å². The molecule has 0 aliphatic rings. The first-order valence-corrected chi connectivity index (χ1v) is 10.3. The first kappa shape index (κ1) is 28.8. The summed E-state index contributed by atoms with van der Waals surface area (Å²) in [6.45, 7) is 12.7. The van der Waals surface area contributed by atoms with Crippen molar-refractivity contribution in [3.63, 3.8) is 0 Å². The van der Waals surface area contributed by atoms with Gasteiger partial charge in [-0.1, -0.05) is 25.8 Å². The number of hydrogen-bond donors (Lipinski definition) is 1. The SMILES string of the molecule is C=C(C)C(=O)OCC(COC(=O)C(=C)C)(COC(=O)C(=C)C)COC(=O)c1cccc(C(=O)O)c1. The van der Waals surface area contributed by atoms with Crippen molar-refractivity contribution in [1.82, 2.24) is 0 Å². The van der Waals surface area contributed by atoms with Gasteiger partial charge in [-0.3, -0.25) is 0 Å². The van der Waals surface area contributed by atoms with Gasteiger partial charge in [0.2, 0.25) is 0 Å². The summed E-state index contributed by atoms with van der Waals surface area (Å²) in [4.78, 5) is 59.9. The van der Waals surface area contributed by atoms with Crippen LogP contribution in [0.2, 0.25) is 0 Å². The minimum atomic E-state index is -1.51. The van der Waals surface area contributed by atoms with Crippen LogP contribution in [-0.2, 0) is 33.3 Å². The number of esters is 4. The van der Waals surface area contributed by atoms with Crippen molar-refractivity contribution in [3.05, 3.63) is 71.8 Å². The Bertz CT molecular complexity index is 976. The predicted molar refractivity (Wildman–Crippen MR) is 123 cm³/mol. The second-order valence-electron chi connectivity index (χ2n) is 8.03. The normalized spacial score (nSPS) is 10.5. The number of benzene rings is 1. The lowest BCUT2D eigenvalue weighted by Crippen LogP contribution is -2.44. The molecule has 0 aliphatic carbocycles. The maximum absolute atomic E-state index is 12.6. The van der Waals surface area contributed by atoms with E-state index in [2.05, 4.69) is 19.7 Å². The Balaban J connectivity index is 3.24. The Morgan fingerprint density at radius 1 is 0.714 bits per heavy atom. The first-order valence-electron chi connectivity index (χ1n) is 10.3. The Hall–Kier alpha value is -4.21. The Labute approximate surface area is 202 Å². The van der Waals surface area contributed by atoms with Crippen molar-refractivity contribution >= 4 is 29.8 Å². The highest BCUT2D eigenvalue weighted by Crippen LogP contribution is 2.23. The van der Waals surface area contributed by atoms with Crippen LogP contribution in [0.4, 0.5) is 0 Å². The Morgan fingerprint density at radius 3 is 1.46 bits per heavy atom. The maximum atomic E-state index is 12.6. The van der Waals surface area contributed by atoms with Crippen LogP contribution >= 0.6 is 0 Å². The molecule has 0 fully saturated rings. The summed E-state index contributed by atoms with van der Waals surface area (Å²) in [7, 11) is 0. The number of rotatable bonds is 13. The minimum absolute atomic E-state index is 0.0596. The van der Waals surface area contributed by atoms with Crippen LogP contribution < -0.4 is 0 Å². The Kier molecular flexibility index (Phi) is 10.6. The van der Waals surface area contributed by atoms with Gasteiger partial charge in [-0.25, -0.2) is 24.0 Å². The van der Waals surface area contributed by atoms with Gasteiger partial charge in [0.15, 0.2) is 0 Å². The average molecular weight is 488 g/mol. The molecule has 0 heterocycles. The standard InChI is InChI=1S/C25H28O10/c1-15(2)21(28)32-11-25(12-33-22(29)16(3)4,13-34-23(30)17(5)6)14-35-24(31)19-9-7-8-18(10-19)20(26)27/h7-10H,1,3,5,11-14H2,2,4,6H3,(H,26,27). The molecule has 188 valence electrons. The van der Waals surface area contributed by atoms with Gasteiger partial charge in [-0.05, 0) is 39.0 Å². The summed E-state index contributed by atoms with van der Waals surface area (Å²) >= 11 is 0. The topological polar surface area (TPSA) is 142 Å². The molecule has 1 aromatic carbocycles. The van der Waals surface area contributed by atoms with Crippen LogP contribution in [0.1, 0.15) is 41.5 Å². The van der Waals surface area contributed by atoms with E-state index in [1.54, 1.807) is 0 Å². The molecule has 1 aromatic rings. The second kappa shape index (κ2) is 12.9. The molecule has 0 bridgehead atoms. The number of aromatic carboxylic acids is 1. The van der Waals surface area contributed by atoms with Crippen LogP contribution in [0, 0.1) is 5.41 Å². The molecule has 0 spiro atoms. The van der Waals surface area contributed by atoms with Crippen molar-refractivity contribution < 1.29 is 48.0 Å². The zero-order valence-electron chi connectivity index (χ0n) is 19.9. The lowest BCUT2D eigenvalue weighted by Gasteiger charge is -2.31. The van der Waals surface area contributed by atoms with Gasteiger partial charge in [0.05, 0.1) is 11.1 Å². The average Bonchev–Trinajstić information content (AvgIpc) is 2.81. The summed E-state index contributed by atoms with van der Waals surface area (Å²) in [5.41, 5.74) is -1.46. The molecule has 0 aromatic heterocycles. The molecule has 0 saturated heterocycles. The van der Waals surface area contributed by atoms with E-state index in [9.17, 15) is 24.0 Å². The number of ether oxygens (including phenoxy) is 4. The third-order valence-electron chi connectivity index (χ3n) is 4.43. The molecule has 35 heavy (non-hydrogen) atoms. The largest absolute Gasteiger partial charge is 0.478 e. The fourth-order valence-corrected chi connectivity index (χ4v) is 2.36. The highest BCUT2D eigenvalue weighted by atomic mass is 16.6. The number of carbonyl (C=O) groups excluding carboxylic acids is 4. The van der Waals surface area contributed by atoms with Gasteiger partial charge < -0.3 is 24.1 Å². The van der Waals surface area contributed by atoms with Gasteiger partial charge in [-0.15, -0.1) is 0 Å². The zero-order chi connectivity index (χ0) is 26.8. The molecule has 10 heteroatoms. The van der Waals surface area contributed by atoms with Crippen LogP contribution in [0.3, 0.4) is 0 Å².